The molecular formula is C14H16N4OS. The van der Waals surface area contributed by atoms with Crippen LogP contribution in [0, 0.1) is 6.92 Å². The monoisotopic (exact) mass is 288 g/mol. The Balaban J connectivity index is 1.76. The molecule has 2 aromatic rings. The van der Waals surface area contributed by atoms with E-state index in [0.717, 1.165) is 42.2 Å². The van der Waals surface area contributed by atoms with Crippen molar-refractivity contribution in [3.63, 3.8) is 0 Å². The van der Waals surface area contributed by atoms with Crippen molar-refractivity contribution in [1.29, 1.82) is 0 Å². The van der Waals surface area contributed by atoms with Crippen molar-refractivity contribution >= 4 is 17.2 Å². The van der Waals surface area contributed by atoms with E-state index in [0.29, 0.717) is 0 Å². The molecule has 0 bridgehead atoms. The molecule has 1 unspecified atom stereocenters. The van der Waals surface area contributed by atoms with Gasteiger partial charge in [0.25, 0.3) is 5.91 Å². The molecule has 0 N–H and O–H groups in total. The number of carbonyl (C=O) groups excluding carboxylic acids is 1. The molecule has 0 spiro atoms. The average molecular weight is 288 g/mol. The normalized spacial score (nSPS) is 19.1. The van der Waals surface area contributed by atoms with Crippen LogP contribution in [0.25, 0.3) is 0 Å². The van der Waals surface area contributed by atoms with Crippen LogP contribution >= 0.6 is 11.3 Å². The molecule has 6 heteroatoms. The molecule has 0 aliphatic carbocycles. The van der Waals surface area contributed by atoms with Crippen LogP contribution in [0.1, 0.15) is 39.8 Å². The van der Waals surface area contributed by atoms with Crippen LogP contribution < -0.4 is 0 Å². The summed E-state index contributed by atoms with van der Waals surface area (Å²) in [7, 11) is 0. The van der Waals surface area contributed by atoms with Gasteiger partial charge in [0.05, 0.1) is 16.9 Å². The first kappa shape index (κ1) is 13.2. The third-order valence-corrected chi connectivity index (χ3v) is 4.57. The zero-order chi connectivity index (χ0) is 13.9. The zero-order valence-corrected chi connectivity index (χ0v) is 12.1. The van der Waals surface area contributed by atoms with Crippen LogP contribution in [0.2, 0.25) is 0 Å². The van der Waals surface area contributed by atoms with Gasteiger partial charge in [-0.25, -0.2) is 4.98 Å². The van der Waals surface area contributed by atoms with E-state index >= 15 is 0 Å². The van der Waals surface area contributed by atoms with Crippen molar-refractivity contribution in [3.8, 4) is 0 Å². The summed E-state index contributed by atoms with van der Waals surface area (Å²) in [6.45, 7) is 3.41. The minimum atomic E-state index is 0.0959. The van der Waals surface area contributed by atoms with Crippen molar-refractivity contribution < 1.29 is 4.79 Å². The van der Waals surface area contributed by atoms with E-state index in [-0.39, 0.29) is 11.8 Å². The number of likely N-dealkylation sites (tertiary alicyclic amines) is 1. The second kappa shape index (κ2) is 5.66. The Morgan fingerprint density at radius 2 is 2.30 bits per heavy atom. The first-order valence-corrected chi connectivity index (χ1v) is 7.59. The predicted octanol–water partition coefficient (Wildman–Crippen LogP) is 2.26. The Kier molecular flexibility index (Phi) is 3.73. The van der Waals surface area contributed by atoms with E-state index < -0.39 is 0 Å². The number of aryl methyl sites for hydroxylation is 1. The quantitative estimate of drug-likeness (QED) is 0.850. The van der Waals surface area contributed by atoms with Crippen LogP contribution in [0.4, 0.5) is 0 Å². The summed E-state index contributed by atoms with van der Waals surface area (Å²) in [6, 6.07) is 0. The molecule has 20 heavy (non-hydrogen) atoms. The van der Waals surface area contributed by atoms with Crippen molar-refractivity contribution in [3.05, 3.63) is 40.4 Å². The summed E-state index contributed by atoms with van der Waals surface area (Å²) in [6.07, 6.45) is 7.25. The largest absolute Gasteiger partial charge is 0.337 e. The van der Waals surface area contributed by atoms with Crippen LogP contribution in [0.5, 0.6) is 0 Å². The van der Waals surface area contributed by atoms with E-state index in [1.807, 2.05) is 11.8 Å². The molecule has 1 atom stereocenters. The van der Waals surface area contributed by atoms with E-state index in [1.165, 1.54) is 11.3 Å². The molecule has 0 aromatic carbocycles. The molecule has 1 saturated heterocycles. The van der Waals surface area contributed by atoms with Gasteiger partial charge in [0.2, 0.25) is 0 Å². The first-order valence-electron chi connectivity index (χ1n) is 6.71. The number of hydrogen-bond donors (Lipinski definition) is 0. The molecule has 104 valence electrons. The molecule has 1 aliphatic rings. The van der Waals surface area contributed by atoms with Gasteiger partial charge in [-0.3, -0.25) is 14.8 Å². The number of rotatable bonds is 2. The van der Waals surface area contributed by atoms with Crippen molar-refractivity contribution in [1.82, 2.24) is 19.9 Å². The SMILES string of the molecule is Cc1ncsc1C(=O)N1CCCC(c2cnccn2)C1. The minimum absolute atomic E-state index is 0.0959. The molecule has 0 saturated carbocycles. The summed E-state index contributed by atoms with van der Waals surface area (Å²) in [4.78, 5) is 27.8. The van der Waals surface area contributed by atoms with Crippen molar-refractivity contribution in [2.75, 3.05) is 13.1 Å². The number of carbonyl (C=O) groups is 1. The summed E-state index contributed by atoms with van der Waals surface area (Å²) < 4.78 is 0. The Labute approximate surface area is 121 Å². The Hall–Kier alpha value is -1.82. The fraction of sp³-hybridized carbons (Fsp3) is 0.429. The maximum Gasteiger partial charge on any atom is 0.265 e. The van der Waals surface area contributed by atoms with Gasteiger partial charge in [-0.15, -0.1) is 11.3 Å². The van der Waals surface area contributed by atoms with Gasteiger partial charge in [0.1, 0.15) is 4.88 Å². The molecular weight excluding hydrogens is 272 g/mol. The highest BCUT2D eigenvalue weighted by Crippen LogP contribution is 2.27. The fourth-order valence-electron chi connectivity index (χ4n) is 2.58. The van der Waals surface area contributed by atoms with Gasteiger partial charge >= 0.3 is 0 Å². The topological polar surface area (TPSA) is 59.0 Å². The smallest absolute Gasteiger partial charge is 0.265 e. The fourth-order valence-corrected chi connectivity index (χ4v) is 3.34. The number of thiazole rings is 1. The third kappa shape index (κ3) is 2.56. The minimum Gasteiger partial charge on any atom is -0.337 e. The van der Waals surface area contributed by atoms with Gasteiger partial charge < -0.3 is 4.90 Å². The van der Waals surface area contributed by atoms with Gasteiger partial charge in [0, 0.05) is 37.6 Å². The molecule has 1 amide bonds. The molecule has 2 aromatic heterocycles. The highest BCUT2D eigenvalue weighted by Gasteiger charge is 2.27. The molecule has 5 nitrogen and oxygen atoms in total. The average Bonchev–Trinajstić information content (AvgIpc) is 2.94. The van der Waals surface area contributed by atoms with Crippen LogP contribution in [-0.4, -0.2) is 38.8 Å². The van der Waals surface area contributed by atoms with Crippen molar-refractivity contribution in [2.24, 2.45) is 0 Å². The maximum atomic E-state index is 12.5. The Morgan fingerprint density at radius 3 is 3.00 bits per heavy atom. The lowest BCUT2D eigenvalue weighted by atomic mass is 9.95. The summed E-state index contributed by atoms with van der Waals surface area (Å²) in [5, 5.41) is 0. The van der Waals surface area contributed by atoms with Gasteiger partial charge in [0.15, 0.2) is 0 Å². The zero-order valence-electron chi connectivity index (χ0n) is 11.3. The van der Waals surface area contributed by atoms with E-state index in [9.17, 15) is 4.79 Å². The lowest BCUT2D eigenvalue weighted by Crippen LogP contribution is -2.39. The van der Waals surface area contributed by atoms with Crippen LogP contribution in [0.3, 0.4) is 0 Å². The lowest BCUT2D eigenvalue weighted by Gasteiger charge is -2.32. The van der Waals surface area contributed by atoms with Gasteiger partial charge in [-0.2, -0.15) is 0 Å². The molecule has 3 rings (SSSR count). The lowest BCUT2D eigenvalue weighted by molar-refractivity contribution is 0.0709. The van der Waals surface area contributed by atoms with E-state index in [2.05, 4.69) is 15.0 Å². The molecule has 0 radical (unpaired) electrons. The summed E-state index contributed by atoms with van der Waals surface area (Å²) in [5.41, 5.74) is 3.53. The number of piperidine rings is 1. The number of aromatic nitrogens is 3. The van der Waals surface area contributed by atoms with E-state index in [1.54, 1.807) is 24.1 Å². The standard InChI is InChI=1S/C14H16N4OS/c1-10-13(20-9-17-10)14(19)18-6-2-3-11(8-18)12-7-15-4-5-16-12/h4-5,7,9,11H,2-3,6,8H2,1H3. The number of amides is 1. The maximum absolute atomic E-state index is 12.5. The summed E-state index contributed by atoms with van der Waals surface area (Å²) >= 11 is 1.42. The highest BCUT2D eigenvalue weighted by molar-refractivity contribution is 7.11. The second-order valence-corrected chi connectivity index (χ2v) is 5.84. The van der Waals surface area contributed by atoms with Crippen molar-refractivity contribution in [2.45, 2.75) is 25.7 Å². The summed E-state index contributed by atoms with van der Waals surface area (Å²) in [5.74, 6) is 0.383. The Bertz CT molecular complexity index is 598. The van der Waals surface area contributed by atoms with E-state index in [4.69, 9.17) is 0 Å². The second-order valence-electron chi connectivity index (χ2n) is 4.99. The highest BCUT2D eigenvalue weighted by atomic mass is 32.1. The predicted molar refractivity (Wildman–Crippen MR) is 76.8 cm³/mol. The van der Waals surface area contributed by atoms with Crippen LogP contribution in [-0.2, 0) is 0 Å². The van der Waals surface area contributed by atoms with Crippen LogP contribution in [0.15, 0.2) is 24.1 Å². The number of nitrogens with zero attached hydrogens (tertiary/aromatic N) is 4. The first-order chi connectivity index (χ1) is 9.75. The molecule has 1 aliphatic heterocycles. The Morgan fingerprint density at radius 1 is 1.40 bits per heavy atom. The molecule has 3 heterocycles. The van der Waals surface area contributed by atoms with Gasteiger partial charge in [-0.05, 0) is 19.8 Å². The third-order valence-electron chi connectivity index (χ3n) is 3.65. The van der Waals surface area contributed by atoms with Gasteiger partial charge in [-0.1, -0.05) is 0 Å². The number of hydrogen-bond acceptors (Lipinski definition) is 5. The molecule has 1 fully saturated rings.